The Balaban J connectivity index is 1.51. The molecule has 1 aliphatic heterocycles. The van der Waals surface area contributed by atoms with Crippen molar-refractivity contribution in [2.75, 3.05) is 13.1 Å². The van der Waals surface area contributed by atoms with Crippen molar-refractivity contribution in [3.63, 3.8) is 0 Å². The number of hydrogen-bond donors (Lipinski definition) is 0. The van der Waals surface area contributed by atoms with E-state index >= 15 is 0 Å². The minimum absolute atomic E-state index is 0.223. The van der Waals surface area contributed by atoms with Crippen LogP contribution in [0, 0.1) is 0 Å². The number of aryl methyl sites for hydroxylation is 1. The van der Waals surface area contributed by atoms with Crippen LogP contribution in [0.4, 0.5) is 0 Å². The van der Waals surface area contributed by atoms with Gasteiger partial charge in [0.2, 0.25) is 0 Å². The van der Waals surface area contributed by atoms with E-state index in [9.17, 15) is 0 Å². The van der Waals surface area contributed by atoms with Crippen LogP contribution in [0.2, 0.25) is 0 Å². The van der Waals surface area contributed by atoms with E-state index in [4.69, 9.17) is 4.74 Å². The topological polar surface area (TPSA) is 43.2 Å². The first-order valence-electron chi connectivity index (χ1n) is 8.43. The first-order chi connectivity index (χ1) is 11.1. The Labute approximate surface area is 138 Å². The average molecular weight is 314 g/mol. The Morgan fingerprint density at radius 2 is 1.87 bits per heavy atom. The number of rotatable bonds is 5. The molecular formula is C18H26N4O. The molecule has 1 aromatic carbocycles. The van der Waals surface area contributed by atoms with E-state index in [1.165, 1.54) is 5.56 Å². The monoisotopic (exact) mass is 314 g/mol. The first-order valence-corrected chi connectivity index (χ1v) is 8.43. The molecule has 1 saturated heterocycles. The van der Waals surface area contributed by atoms with Gasteiger partial charge < -0.3 is 9.30 Å². The summed E-state index contributed by atoms with van der Waals surface area (Å²) in [6.45, 7) is 7.33. The zero-order valence-electron chi connectivity index (χ0n) is 14.3. The van der Waals surface area contributed by atoms with Crippen LogP contribution in [-0.4, -0.2) is 38.9 Å². The van der Waals surface area contributed by atoms with Gasteiger partial charge in [-0.25, -0.2) is 0 Å². The normalized spacial score (nSPS) is 16.9. The third-order valence-corrected chi connectivity index (χ3v) is 4.40. The zero-order chi connectivity index (χ0) is 16.2. The molecule has 1 aliphatic rings. The van der Waals surface area contributed by atoms with Gasteiger partial charge in [0.25, 0.3) is 0 Å². The summed E-state index contributed by atoms with van der Waals surface area (Å²) >= 11 is 0. The molecule has 0 atom stereocenters. The molecule has 0 amide bonds. The lowest BCUT2D eigenvalue weighted by molar-refractivity contribution is 0.200. The highest BCUT2D eigenvalue weighted by atomic mass is 16.5. The summed E-state index contributed by atoms with van der Waals surface area (Å²) in [5.74, 6) is 2.62. The Hall–Kier alpha value is -1.88. The molecule has 2 heterocycles. The first kappa shape index (κ1) is 16.0. The number of nitrogens with zero attached hydrogens (tertiary/aromatic N) is 4. The van der Waals surface area contributed by atoms with Gasteiger partial charge >= 0.3 is 0 Å². The van der Waals surface area contributed by atoms with E-state index in [2.05, 4.69) is 53.2 Å². The van der Waals surface area contributed by atoms with Crippen molar-refractivity contribution >= 4 is 0 Å². The molecule has 5 heteroatoms. The van der Waals surface area contributed by atoms with Gasteiger partial charge in [-0.1, -0.05) is 12.1 Å². The van der Waals surface area contributed by atoms with Gasteiger partial charge in [0.15, 0.2) is 0 Å². The van der Waals surface area contributed by atoms with Crippen LogP contribution in [0.5, 0.6) is 5.75 Å². The molecule has 0 N–H and O–H groups in total. The number of likely N-dealkylation sites (tertiary alicyclic amines) is 1. The van der Waals surface area contributed by atoms with E-state index < -0.39 is 0 Å². The molecule has 0 aliphatic carbocycles. The van der Waals surface area contributed by atoms with Crippen molar-refractivity contribution in [3.8, 4) is 5.75 Å². The van der Waals surface area contributed by atoms with Crippen molar-refractivity contribution < 1.29 is 4.74 Å². The zero-order valence-corrected chi connectivity index (χ0v) is 14.3. The van der Waals surface area contributed by atoms with Gasteiger partial charge in [-0.3, -0.25) is 4.90 Å². The number of piperidine rings is 1. The third-order valence-electron chi connectivity index (χ3n) is 4.40. The van der Waals surface area contributed by atoms with Crippen LogP contribution in [0.25, 0.3) is 0 Å². The molecule has 0 spiro atoms. The van der Waals surface area contributed by atoms with E-state index in [1.54, 1.807) is 6.33 Å². The smallest absolute Gasteiger partial charge is 0.135 e. The van der Waals surface area contributed by atoms with Gasteiger partial charge in [-0.15, -0.1) is 10.2 Å². The molecule has 0 unspecified atom stereocenters. The maximum Gasteiger partial charge on any atom is 0.135 e. The third kappa shape index (κ3) is 4.10. The number of aromatic nitrogens is 3. The molecule has 124 valence electrons. The fourth-order valence-corrected chi connectivity index (χ4v) is 3.21. The van der Waals surface area contributed by atoms with E-state index in [0.717, 1.165) is 44.0 Å². The van der Waals surface area contributed by atoms with Crippen LogP contribution in [0.1, 0.15) is 44.0 Å². The summed E-state index contributed by atoms with van der Waals surface area (Å²) < 4.78 is 7.75. The Kier molecular flexibility index (Phi) is 4.96. The Morgan fingerprint density at radius 1 is 1.17 bits per heavy atom. The fraction of sp³-hybridized carbons (Fsp3) is 0.556. The number of benzene rings is 1. The molecule has 0 radical (unpaired) electrons. The lowest BCUT2D eigenvalue weighted by Gasteiger charge is -2.31. The second-order valence-corrected chi connectivity index (χ2v) is 6.66. The summed E-state index contributed by atoms with van der Waals surface area (Å²) in [7, 11) is 2.03. The quantitative estimate of drug-likeness (QED) is 0.851. The molecule has 1 fully saturated rings. The highest BCUT2D eigenvalue weighted by Crippen LogP contribution is 2.27. The van der Waals surface area contributed by atoms with Crippen molar-refractivity contribution in [1.29, 1.82) is 0 Å². The van der Waals surface area contributed by atoms with Crippen molar-refractivity contribution in [2.45, 2.75) is 45.3 Å². The van der Waals surface area contributed by atoms with Crippen molar-refractivity contribution in [2.24, 2.45) is 7.05 Å². The van der Waals surface area contributed by atoms with E-state index in [0.29, 0.717) is 5.92 Å². The van der Waals surface area contributed by atoms with Crippen molar-refractivity contribution in [1.82, 2.24) is 19.7 Å². The molecule has 1 aromatic heterocycles. The lowest BCUT2D eigenvalue weighted by atomic mass is 9.95. The predicted octanol–water partition coefficient (Wildman–Crippen LogP) is 2.98. The van der Waals surface area contributed by atoms with Crippen molar-refractivity contribution in [3.05, 3.63) is 42.0 Å². The fourth-order valence-electron chi connectivity index (χ4n) is 3.21. The molecule has 3 rings (SSSR count). The van der Waals surface area contributed by atoms with Gasteiger partial charge in [0, 0.05) is 19.5 Å². The Morgan fingerprint density at radius 3 is 2.43 bits per heavy atom. The maximum atomic E-state index is 5.70. The largest absolute Gasteiger partial charge is 0.491 e. The summed E-state index contributed by atoms with van der Waals surface area (Å²) in [6.07, 6.45) is 4.32. The van der Waals surface area contributed by atoms with Crippen LogP contribution >= 0.6 is 0 Å². The van der Waals surface area contributed by atoms with Gasteiger partial charge in [0.05, 0.1) is 6.10 Å². The van der Waals surface area contributed by atoms with Crippen LogP contribution in [0.3, 0.4) is 0 Å². The SMILES string of the molecule is CC(C)Oc1ccc(CN2CCC(c3nncn3C)CC2)cc1. The molecule has 0 bridgehead atoms. The summed E-state index contributed by atoms with van der Waals surface area (Å²) in [6, 6.07) is 8.49. The second kappa shape index (κ2) is 7.13. The van der Waals surface area contributed by atoms with Crippen LogP contribution < -0.4 is 4.74 Å². The number of ether oxygens (including phenoxy) is 1. The second-order valence-electron chi connectivity index (χ2n) is 6.66. The van der Waals surface area contributed by atoms with Crippen LogP contribution in [0.15, 0.2) is 30.6 Å². The molecule has 0 saturated carbocycles. The summed E-state index contributed by atoms with van der Waals surface area (Å²) in [5.41, 5.74) is 1.35. The van der Waals surface area contributed by atoms with Gasteiger partial charge in [-0.05, 0) is 57.5 Å². The van der Waals surface area contributed by atoms with Gasteiger partial charge in [0.1, 0.15) is 17.9 Å². The number of hydrogen-bond acceptors (Lipinski definition) is 4. The minimum Gasteiger partial charge on any atom is -0.491 e. The maximum absolute atomic E-state index is 5.70. The standard InChI is InChI=1S/C18H26N4O/c1-14(2)23-17-6-4-15(5-7-17)12-22-10-8-16(9-11-22)18-20-19-13-21(18)3/h4-7,13-14,16H,8-12H2,1-3H3. The van der Waals surface area contributed by atoms with E-state index in [-0.39, 0.29) is 6.10 Å². The molecule has 5 nitrogen and oxygen atoms in total. The molecule has 23 heavy (non-hydrogen) atoms. The predicted molar refractivity (Wildman–Crippen MR) is 90.5 cm³/mol. The minimum atomic E-state index is 0.223. The highest BCUT2D eigenvalue weighted by Gasteiger charge is 2.23. The van der Waals surface area contributed by atoms with Gasteiger partial charge in [-0.2, -0.15) is 0 Å². The average Bonchev–Trinajstić information content (AvgIpc) is 2.96. The molecular weight excluding hydrogens is 288 g/mol. The summed E-state index contributed by atoms with van der Waals surface area (Å²) in [5, 5.41) is 8.26. The van der Waals surface area contributed by atoms with Crippen LogP contribution in [-0.2, 0) is 13.6 Å². The Bertz CT molecular complexity index is 612. The lowest BCUT2D eigenvalue weighted by Crippen LogP contribution is -2.33. The summed E-state index contributed by atoms with van der Waals surface area (Å²) in [4.78, 5) is 2.52. The van der Waals surface area contributed by atoms with E-state index in [1.807, 2.05) is 11.6 Å². The molecule has 2 aromatic rings. The highest BCUT2D eigenvalue weighted by molar-refractivity contribution is 5.27.